The Labute approximate surface area is 104 Å². The van der Waals surface area contributed by atoms with E-state index in [4.69, 9.17) is 16.2 Å². The molecule has 18 heavy (non-hydrogen) atoms. The predicted molar refractivity (Wildman–Crippen MR) is 63.2 cm³/mol. The molecule has 0 spiro atoms. The summed E-state index contributed by atoms with van der Waals surface area (Å²) in [5, 5.41) is 0. The Kier molecular flexibility index (Phi) is 4.98. The first-order valence-corrected chi connectivity index (χ1v) is 5.61. The highest BCUT2D eigenvalue weighted by Gasteiger charge is 2.35. The number of ether oxygens (including phenoxy) is 1. The molecule has 6 heteroatoms. The molecule has 1 aromatic rings. The summed E-state index contributed by atoms with van der Waals surface area (Å²) in [5.41, 5.74) is 10.4. The van der Waals surface area contributed by atoms with E-state index in [1.54, 1.807) is 0 Å². The summed E-state index contributed by atoms with van der Waals surface area (Å²) in [7, 11) is 1.32. The van der Waals surface area contributed by atoms with Crippen LogP contribution in [0.3, 0.4) is 0 Å². The molecule has 0 aliphatic rings. The number of benzene rings is 1. The molecule has 0 aliphatic carbocycles. The van der Waals surface area contributed by atoms with Crippen LogP contribution in [0.4, 0.5) is 13.2 Å². The Bertz CT molecular complexity index is 393. The molecule has 0 saturated carbocycles. The van der Waals surface area contributed by atoms with Crippen molar-refractivity contribution in [3.05, 3.63) is 29.3 Å². The van der Waals surface area contributed by atoms with Crippen LogP contribution in [0.25, 0.3) is 0 Å². The van der Waals surface area contributed by atoms with E-state index in [0.29, 0.717) is 19.4 Å². The van der Waals surface area contributed by atoms with Gasteiger partial charge in [0.25, 0.3) is 0 Å². The minimum absolute atomic E-state index is 0.0803. The Morgan fingerprint density at radius 3 is 2.50 bits per heavy atom. The molecule has 0 aliphatic heterocycles. The maximum atomic E-state index is 12.9. The second kappa shape index (κ2) is 6.06. The highest BCUT2D eigenvalue weighted by Crippen LogP contribution is 2.37. The third kappa shape index (κ3) is 3.61. The SMILES string of the molecule is COc1ccc([C@H](N)CCCN)c(C(F)(F)F)c1. The molecule has 0 radical (unpaired) electrons. The minimum Gasteiger partial charge on any atom is -0.497 e. The van der Waals surface area contributed by atoms with Crippen LogP contribution < -0.4 is 16.2 Å². The normalized spacial score (nSPS) is 13.4. The van der Waals surface area contributed by atoms with Gasteiger partial charge in [0, 0.05) is 6.04 Å². The highest BCUT2D eigenvalue weighted by atomic mass is 19.4. The molecule has 0 unspecified atom stereocenters. The zero-order valence-corrected chi connectivity index (χ0v) is 10.1. The molecule has 1 rings (SSSR count). The average Bonchev–Trinajstić information content (AvgIpc) is 2.34. The first-order valence-electron chi connectivity index (χ1n) is 5.61. The van der Waals surface area contributed by atoms with Crippen LogP contribution >= 0.6 is 0 Å². The maximum absolute atomic E-state index is 12.9. The Morgan fingerprint density at radius 2 is 2.00 bits per heavy atom. The molecule has 0 bridgehead atoms. The van der Waals surface area contributed by atoms with E-state index < -0.39 is 17.8 Å². The lowest BCUT2D eigenvalue weighted by Gasteiger charge is -2.19. The minimum atomic E-state index is -4.44. The summed E-state index contributed by atoms with van der Waals surface area (Å²) in [6, 6.07) is 3.14. The second-order valence-corrected chi connectivity index (χ2v) is 3.99. The number of halogens is 3. The largest absolute Gasteiger partial charge is 0.497 e. The van der Waals surface area contributed by atoms with Gasteiger partial charge in [-0.2, -0.15) is 13.2 Å². The van der Waals surface area contributed by atoms with Gasteiger partial charge in [-0.3, -0.25) is 0 Å². The van der Waals surface area contributed by atoms with Gasteiger partial charge in [-0.25, -0.2) is 0 Å². The first kappa shape index (κ1) is 14.8. The zero-order valence-electron chi connectivity index (χ0n) is 10.1. The quantitative estimate of drug-likeness (QED) is 0.856. The van der Waals surface area contributed by atoms with Crippen LogP contribution in [-0.4, -0.2) is 13.7 Å². The van der Waals surface area contributed by atoms with Gasteiger partial charge in [0.1, 0.15) is 5.75 Å². The van der Waals surface area contributed by atoms with Gasteiger partial charge in [-0.05, 0) is 37.1 Å². The topological polar surface area (TPSA) is 61.3 Å². The predicted octanol–water partition coefficient (Wildman–Crippen LogP) is 2.45. The van der Waals surface area contributed by atoms with Crippen LogP contribution in [0, 0.1) is 0 Å². The van der Waals surface area contributed by atoms with Crippen LogP contribution in [0.5, 0.6) is 5.75 Å². The van der Waals surface area contributed by atoms with Gasteiger partial charge in [0.15, 0.2) is 0 Å². The number of alkyl halides is 3. The van der Waals surface area contributed by atoms with Crippen molar-refractivity contribution < 1.29 is 17.9 Å². The van der Waals surface area contributed by atoms with Crippen molar-refractivity contribution in [3.8, 4) is 5.75 Å². The van der Waals surface area contributed by atoms with Crippen molar-refractivity contribution in [1.82, 2.24) is 0 Å². The van der Waals surface area contributed by atoms with Gasteiger partial charge in [-0.1, -0.05) is 6.07 Å². The Balaban J connectivity index is 3.10. The maximum Gasteiger partial charge on any atom is 0.416 e. The summed E-state index contributed by atoms with van der Waals surface area (Å²) < 4.78 is 43.5. The summed E-state index contributed by atoms with van der Waals surface area (Å²) >= 11 is 0. The van der Waals surface area contributed by atoms with Crippen molar-refractivity contribution in [1.29, 1.82) is 0 Å². The molecule has 0 heterocycles. The number of hydrogen-bond acceptors (Lipinski definition) is 3. The molecule has 0 saturated heterocycles. The van der Waals surface area contributed by atoms with E-state index in [2.05, 4.69) is 0 Å². The molecule has 102 valence electrons. The second-order valence-electron chi connectivity index (χ2n) is 3.99. The standard InChI is InChI=1S/C12H17F3N2O/c1-18-8-4-5-9(11(17)3-2-6-16)10(7-8)12(13,14)15/h4-5,7,11H,2-3,6,16-17H2,1H3/t11-/m1/s1. The average molecular weight is 262 g/mol. The van der Waals surface area contributed by atoms with E-state index >= 15 is 0 Å². The van der Waals surface area contributed by atoms with Gasteiger partial charge in [0.05, 0.1) is 12.7 Å². The van der Waals surface area contributed by atoms with Gasteiger partial charge < -0.3 is 16.2 Å². The Hall–Kier alpha value is -1.27. The summed E-state index contributed by atoms with van der Waals surface area (Å²) in [6.45, 7) is 0.408. The van der Waals surface area contributed by atoms with E-state index in [1.165, 1.54) is 19.2 Å². The smallest absolute Gasteiger partial charge is 0.416 e. The fraction of sp³-hybridized carbons (Fsp3) is 0.500. The molecule has 0 amide bonds. The van der Waals surface area contributed by atoms with Gasteiger partial charge in [0.2, 0.25) is 0 Å². The number of hydrogen-bond donors (Lipinski definition) is 2. The molecule has 4 N–H and O–H groups in total. The monoisotopic (exact) mass is 262 g/mol. The van der Waals surface area contributed by atoms with Gasteiger partial charge in [-0.15, -0.1) is 0 Å². The summed E-state index contributed by atoms with van der Waals surface area (Å²) in [4.78, 5) is 0. The van der Waals surface area contributed by atoms with Gasteiger partial charge >= 0.3 is 6.18 Å². The van der Waals surface area contributed by atoms with Crippen molar-refractivity contribution in [3.63, 3.8) is 0 Å². The molecular weight excluding hydrogens is 245 g/mol. The third-order valence-electron chi connectivity index (χ3n) is 2.68. The lowest BCUT2D eigenvalue weighted by Crippen LogP contribution is -2.18. The third-order valence-corrected chi connectivity index (χ3v) is 2.68. The Morgan fingerprint density at radius 1 is 1.33 bits per heavy atom. The number of nitrogens with two attached hydrogens (primary N) is 2. The molecule has 0 aromatic heterocycles. The van der Waals surface area contributed by atoms with Crippen LogP contribution in [0.2, 0.25) is 0 Å². The zero-order chi connectivity index (χ0) is 13.8. The lowest BCUT2D eigenvalue weighted by atomic mass is 9.97. The van der Waals surface area contributed by atoms with Crippen LogP contribution in [-0.2, 0) is 6.18 Å². The fourth-order valence-electron chi connectivity index (χ4n) is 1.72. The lowest BCUT2D eigenvalue weighted by molar-refractivity contribution is -0.138. The van der Waals surface area contributed by atoms with Crippen molar-refractivity contribution in [2.75, 3.05) is 13.7 Å². The van der Waals surface area contributed by atoms with E-state index in [1.807, 2.05) is 0 Å². The molecule has 3 nitrogen and oxygen atoms in total. The van der Waals surface area contributed by atoms with Crippen LogP contribution in [0.15, 0.2) is 18.2 Å². The highest BCUT2D eigenvalue weighted by molar-refractivity contribution is 5.39. The number of methoxy groups -OCH3 is 1. The molecule has 1 atom stereocenters. The molecule has 1 aromatic carbocycles. The molecule has 0 fully saturated rings. The molecular formula is C12H17F3N2O. The number of rotatable bonds is 5. The van der Waals surface area contributed by atoms with E-state index in [9.17, 15) is 13.2 Å². The first-order chi connectivity index (χ1) is 8.40. The fourth-order valence-corrected chi connectivity index (χ4v) is 1.72. The van der Waals surface area contributed by atoms with Crippen molar-refractivity contribution in [2.45, 2.75) is 25.1 Å². The van der Waals surface area contributed by atoms with E-state index in [0.717, 1.165) is 6.07 Å². The van der Waals surface area contributed by atoms with E-state index in [-0.39, 0.29) is 11.3 Å². The summed E-state index contributed by atoms with van der Waals surface area (Å²) in [6.07, 6.45) is -3.43. The van der Waals surface area contributed by atoms with Crippen molar-refractivity contribution in [2.24, 2.45) is 11.5 Å². The van der Waals surface area contributed by atoms with Crippen molar-refractivity contribution >= 4 is 0 Å². The van der Waals surface area contributed by atoms with Crippen LogP contribution in [0.1, 0.15) is 30.0 Å². The summed E-state index contributed by atoms with van der Waals surface area (Å²) in [5.74, 6) is 0.164.